The van der Waals surface area contributed by atoms with Crippen LogP contribution >= 0.6 is 0 Å². The number of rotatable bonds is 6. The Balaban J connectivity index is 1.25. The van der Waals surface area contributed by atoms with Crippen molar-refractivity contribution in [1.82, 2.24) is 30.0 Å². The van der Waals surface area contributed by atoms with E-state index < -0.39 is 24.9 Å². The molecule has 1 aliphatic rings. The molecule has 11 heteroatoms. The molecule has 0 spiro atoms. The zero-order valence-corrected chi connectivity index (χ0v) is 19.6. The molecule has 1 fully saturated rings. The molecule has 9 nitrogen and oxygen atoms in total. The lowest BCUT2D eigenvalue weighted by atomic mass is 10.1. The highest BCUT2D eigenvalue weighted by Crippen LogP contribution is 2.31. The number of aromatic nitrogens is 5. The van der Waals surface area contributed by atoms with Gasteiger partial charge in [-0.1, -0.05) is 24.3 Å². The number of carbonyl (C=O) groups is 1. The molecule has 0 atom stereocenters. The molecule has 6 rings (SSSR count). The average Bonchev–Trinajstić information content (AvgIpc) is 3.57. The van der Waals surface area contributed by atoms with E-state index in [1.807, 2.05) is 48.7 Å². The van der Waals surface area contributed by atoms with Crippen LogP contribution in [0.25, 0.3) is 33.4 Å². The minimum atomic E-state index is -2.81. The van der Waals surface area contributed by atoms with E-state index in [0.29, 0.717) is 28.5 Å². The first-order valence-electron chi connectivity index (χ1n) is 11.5. The molecule has 4 heterocycles. The predicted octanol–water partition coefficient (Wildman–Crippen LogP) is 4.86. The van der Waals surface area contributed by atoms with Gasteiger partial charge in [-0.05, 0) is 29.8 Å². The number of likely N-dealkylation sites (tertiary alicyclic amines) is 1. The van der Waals surface area contributed by atoms with Crippen molar-refractivity contribution in [1.29, 1.82) is 0 Å². The van der Waals surface area contributed by atoms with E-state index in [4.69, 9.17) is 4.74 Å². The first-order valence-corrected chi connectivity index (χ1v) is 11.5. The number of H-pyrrole nitrogens is 2. The van der Waals surface area contributed by atoms with Crippen molar-refractivity contribution in [3.05, 3.63) is 72.8 Å². The molecule has 3 N–H and O–H groups in total. The van der Waals surface area contributed by atoms with Crippen LogP contribution in [0.5, 0.6) is 5.75 Å². The number of fused-ring (bicyclic) bond motifs is 1. The van der Waals surface area contributed by atoms with Crippen LogP contribution in [0.15, 0.2) is 67.1 Å². The quantitative estimate of drug-likeness (QED) is 0.307. The Morgan fingerprint density at radius 2 is 1.84 bits per heavy atom. The molecule has 186 valence electrons. The molecule has 3 aromatic heterocycles. The first kappa shape index (κ1) is 22.7. The number of ether oxygens (including phenoxy) is 1. The molecule has 0 saturated carbocycles. The molecule has 1 amide bonds. The lowest BCUT2D eigenvalue weighted by molar-refractivity contribution is -0.113. The fraction of sp³-hybridized carbons (Fsp3) is 0.154. The van der Waals surface area contributed by atoms with Gasteiger partial charge in [-0.25, -0.2) is 18.7 Å². The second kappa shape index (κ2) is 8.70. The smallest absolute Gasteiger partial charge is 0.282 e. The topological polar surface area (TPSA) is 112 Å². The van der Waals surface area contributed by atoms with Gasteiger partial charge < -0.3 is 19.9 Å². The molecule has 0 radical (unpaired) electrons. The molecule has 0 unspecified atom stereocenters. The SMILES string of the molecule is COc1cnc(-c2ccc3cc(C(=O)N4CC(F)(F)C4)[nH]c3c2)nc1Nc1ccc(-c2cn[nH]c2)cc1. The zero-order valence-electron chi connectivity index (χ0n) is 19.6. The molecule has 1 saturated heterocycles. The van der Waals surface area contributed by atoms with Crippen LogP contribution in [0.3, 0.4) is 0 Å². The van der Waals surface area contributed by atoms with E-state index in [1.54, 1.807) is 25.6 Å². The van der Waals surface area contributed by atoms with Gasteiger partial charge >= 0.3 is 0 Å². The monoisotopic (exact) mass is 501 g/mol. The highest BCUT2D eigenvalue weighted by atomic mass is 19.3. The van der Waals surface area contributed by atoms with Crippen LogP contribution in [0.4, 0.5) is 20.3 Å². The molecule has 5 aromatic rings. The van der Waals surface area contributed by atoms with Crippen molar-refractivity contribution >= 4 is 28.3 Å². The van der Waals surface area contributed by atoms with E-state index in [2.05, 4.69) is 30.5 Å². The van der Waals surface area contributed by atoms with E-state index in [1.165, 1.54) is 0 Å². The van der Waals surface area contributed by atoms with E-state index in [-0.39, 0.29) is 5.69 Å². The standard InChI is InChI=1S/C26H21F2N7O2/c1-37-22-12-29-23(34-24(22)32-19-6-4-15(5-7-19)18-10-30-31-11-18)17-3-2-16-8-21(33-20(16)9-17)25(36)35-13-26(27,28)14-35/h2-12,33H,13-14H2,1H3,(H,30,31)(H,29,32,34). The summed E-state index contributed by atoms with van der Waals surface area (Å²) in [4.78, 5) is 25.8. The Morgan fingerprint density at radius 3 is 2.54 bits per heavy atom. The largest absolute Gasteiger partial charge is 0.491 e. The molecule has 0 aliphatic carbocycles. The first-order chi connectivity index (χ1) is 17.9. The molecular weight excluding hydrogens is 480 g/mol. The van der Waals surface area contributed by atoms with Crippen molar-refractivity contribution in [2.24, 2.45) is 0 Å². The van der Waals surface area contributed by atoms with Crippen molar-refractivity contribution in [2.75, 3.05) is 25.5 Å². The molecule has 0 bridgehead atoms. The van der Waals surface area contributed by atoms with Crippen molar-refractivity contribution in [2.45, 2.75) is 5.92 Å². The third-order valence-electron chi connectivity index (χ3n) is 6.20. The van der Waals surface area contributed by atoms with Crippen molar-refractivity contribution in [3.8, 4) is 28.3 Å². The lowest BCUT2D eigenvalue weighted by Gasteiger charge is -2.38. The van der Waals surface area contributed by atoms with Gasteiger partial charge in [0, 0.05) is 33.9 Å². The summed E-state index contributed by atoms with van der Waals surface area (Å²) in [7, 11) is 1.54. The van der Waals surface area contributed by atoms with Crippen LogP contribution in [-0.4, -0.2) is 62.1 Å². The van der Waals surface area contributed by atoms with E-state index in [0.717, 1.165) is 27.1 Å². The van der Waals surface area contributed by atoms with E-state index >= 15 is 0 Å². The Labute approximate surface area is 209 Å². The highest BCUT2D eigenvalue weighted by molar-refractivity contribution is 5.99. The maximum Gasteiger partial charge on any atom is 0.282 e. The summed E-state index contributed by atoms with van der Waals surface area (Å²) >= 11 is 0. The number of hydrogen-bond acceptors (Lipinski definition) is 6. The molecule has 2 aromatic carbocycles. The highest BCUT2D eigenvalue weighted by Gasteiger charge is 2.46. The lowest BCUT2D eigenvalue weighted by Crippen LogP contribution is -2.58. The number of alkyl halides is 2. The third kappa shape index (κ3) is 4.35. The van der Waals surface area contributed by atoms with Gasteiger partial charge in [-0.15, -0.1) is 0 Å². The number of aromatic amines is 2. The third-order valence-corrected chi connectivity index (χ3v) is 6.20. The van der Waals surface area contributed by atoms with Gasteiger partial charge in [0.15, 0.2) is 17.4 Å². The summed E-state index contributed by atoms with van der Waals surface area (Å²) in [6, 6.07) is 15.0. The number of halogens is 2. The number of hydrogen-bond donors (Lipinski definition) is 3. The number of amides is 1. The Kier molecular flexibility index (Phi) is 5.32. The fourth-order valence-electron chi connectivity index (χ4n) is 4.25. The van der Waals surface area contributed by atoms with Gasteiger partial charge in [0.2, 0.25) is 0 Å². The van der Waals surface area contributed by atoms with Crippen LogP contribution in [0, 0.1) is 0 Å². The predicted molar refractivity (Wildman–Crippen MR) is 134 cm³/mol. The van der Waals surface area contributed by atoms with Gasteiger partial charge in [0.1, 0.15) is 5.69 Å². The van der Waals surface area contributed by atoms with E-state index in [9.17, 15) is 13.6 Å². The normalized spacial score (nSPS) is 14.4. The minimum absolute atomic E-state index is 0.263. The maximum absolute atomic E-state index is 13.2. The van der Waals surface area contributed by atoms with Crippen LogP contribution in [0.1, 0.15) is 10.5 Å². The average molecular weight is 501 g/mol. The summed E-state index contributed by atoms with van der Waals surface area (Å²) in [5.74, 6) is -1.85. The number of nitrogens with zero attached hydrogens (tertiary/aromatic N) is 4. The van der Waals surface area contributed by atoms with Crippen LogP contribution in [0.2, 0.25) is 0 Å². The second-order valence-electron chi connectivity index (χ2n) is 8.80. The second-order valence-corrected chi connectivity index (χ2v) is 8.80. The number of benzene rings is 2. The Hall–Kier alpha value is -4.80. The van der Waals surface area contributed by atoms with Gasteiger partial charge in [-0.2, -0.15) is 5.10 Å². The summed E-state index contributed by atoms with van der Waals surface area (Å²) in [6.45, 7) is -1.12. The van der Waals surface area contributed by atoms with Gasteiger partial charge in [0.05, 0.1) is 32.6 Å². The zero-order chi connectivity index (χ0) is 25.6. The number of nitrogens with one attached hydrogen (secondary N) is 3. The molecular formula is C26H21F2N7O2. The summed E-state index contributed by atoms with van der Waals surface area (Å²) in [6.07, 6.45) is 5.17. The van der Waals surface area contributed by atoms with Crippen LogP contribution < -0.4 is 10.1 Å². The Bertz CT molecular complexity index is 1590. The Morgan fingerprint density at radius 1 is 1.05 bits per heavy atom. The summed E-state index contributed by atoms with van der Waals surface area (Å²) in [5.41, 5.74) is 4.48. The minimum Gasteiger partial charge on any atom is -0.491 e. The van der Waals surface area contributed by atoms with Gasteiger partial charge in [0.25, 0.3) is 11.8 Å². The number of anilines is 2. The number of methoxy groups -OCH3 is 1. The molecule has 1 aliphatic heterocycles. The van der Waals surface area contributed by atoms with Crippen molar-refractivity contribution in [3.63, 3.8) is 0 Å². The maximum atomic E-state index is 13.2. The summed E-state index contributed by atoms with van der Waals surface area (Å²) < 4.78 is 31.8. The fourth-order valence-corrected chi connectivity index (χ4v) is 4.25. The molecule has 37 heavy (non-hydrogen) atoms. The number of carbonyl (C=O) groups excluding carboxylic acids is 1. The van der Waals surface area contributed by atoms with Crippen LogP contribution in [-0.2, 0) is 0 Å². The van der Waals surface area contributed by atoms with Gasteiger partial charge in [-0.3, -0.25) is 9.89 Å². The van der Waals surface area contributed by atoms with Crippen molar-refractivity contribution < 1.29 is 18.3 Å². The summed E-state index contributed by atoms with van der Waals surface area (Å²) in [5, 5.41) is 10.8.